The minimum atomic E-state index is -0.852. The summed E-state index contributed by atoms with van der Waals surface area (Å²) in [4.78, 5) is 45.2. The summed E-state index contributed by atoms with van der Waals surface area (Å²) in [6.07, 6.45) is 3.26. The van der Waals surface area contributed by atoms with Gasteiger partial charge in [0, 0.05) is 23.2 Å². The average Bonchev–Trinajstić information content (AvgIpc) is 3.93. The minimum Gasteiger partial charge on any atom is -0.508 e. The van der Waals surface area contributed by atoms with Crippen molar-refractivity contribution in [3.05, 3.63) is 114 Å². The van der Waals surface area contributed by atoms with Gasteiger partial charge < -0.3 is 39.8 Å². The molecule has 65 heavy (non-hydrogen) atoms. The van der Waals surface area contributed by atoms with Crippen molar-refractivity contribution in [2.24, 2.45) is 5.41 Å². The molecule has 2 saturated heterocycles. The number of halogens is 1. The van der Waals surface area contributed by atoms with Crippen LogP contribution in [0, 0.1) is 22.6 Å². The lowest BCUT2D eigenvalue weighted by Gasteiger charge is -2.35. The Bertz CT molecular complexity index is 2460. The largest absolute Gasteiger partial charge is 0.508 e. The van der Waals surface area contributed by atoms with E-state index in [0.29, 0.717) is 55.6 Å². The van der Waals surface area contributed by atoms with Crippen LogP contribution in [0.3, 0.4) is 0 Å². The summed E-state index contributed by atoms with van der Waals surface area (Å²) in [5, 5.41) is 26.0. The Hall–Kier alpha value is -5.85. The molecule has 3 heterocycles. The number of ether oxygens (including phenoxy) is 3. The van der Waals surface area contributed by atoms with E-state index in [1.807, 2.05) is 58.0 Å². The number of nitrogens with zero attached hydrogens (tertiary/aromatic N) is 3. The van der Waals surface area contributed by atoms with Crippen LogP contribution in [-0.4, -0.2) is 97.3 Å². The standard InChI is InChI=1S/C51H58FN5O7S/c1-33(35-9-7-34(31-53)8-10-35)54-49(60)43-6-5-23-57(43)50(61)48(51(2,3)4)55-45(59)32-63-29-28-62-27-26-56-24-21-37(22-25-56)36-13-18-41(19-14-36)64-46-42-20-17-40(58)30-44(42)65-47(46)38-11-15-39(52)16-12-38/h7-20,30,33,37,43,48,58H,5-6,21-29,32H2,1-4H3,(H,54,60)(H,55,59)/t33-,43-,48?/m0/s1. The number of amides is 3. The van der Waals surface area contributed by atoms with Crippen molar-refractivity contribution in [3.8, 4) is 33.8 Å². The Morgan fingerprint density at radius 2 is 1.60 bits per heavy atom. The summed E-state index contributed by atoms with van der Waals surface area (Å²) in [6.45, 7) is 11.5. The third kappa shape index (κ3) is 12.1. The number of nitrogens with one attached hydrogen (secondary N) is 2. The number of fused-ring (bicyclic) bond motifs is 1. The number of aromatic hydroxyl groups is 1. The van der Waals surface area contributed by atoms with Gasteiger partial charge in [0.15, 0.2) is 5.75 Å². The number of nitriles is 1. The molecule has 2 aliphatic heterocycles. The van der Waals surface area contributed by atoms with Crippen molar-refractivity contribution in [2.75, 3.05) is 52.6 Å². The Balaban J connectivity index is 0.801. The van der Waals surface area contributed by atoms with E-state index in [0.717, 1.165) is 58.6 Å². The predicted molar refractivity (Wildman–Crippen MR) is 249 cm³/mol. The minimum absolute atomic E-state index is 0.178. The molecule has 1 aromatic heterocycles. The SMILES string of the molecule is C[C@H](NC(=O)[C@@H]1CCCN1C(=O)C(NC(=O)COCCOCCN1CCC(c2ccc(Oc3c(-c4ccc(F)cc4)sc4cc(O)ccc34)cc2)CC1)C(C)(C)C)c1ccc(C#N)cc1. The highest BCUT2D eigenvalue weighted by Gasteiger charge is 2.42. The molecule has 3 N–H and O–H groups in total. The van der Waals surface area contributed by atoms with Crippen molar-refractivity contribution in [1.82, 2.24) is 20.4 Å². The summed E-state index contributed by atoms with van der Waals surface area (Å²) in [5.74, 6) is 0.734. The van der Waals surface area contributed by atoms with Gasteiger partial charge in [0.05, 0.1) is 42.4 Å². The highest BCUT2D eigenvalue weighted by atomic mass is 32.1. The molecular weight excluding hydrogens is 846 g/mol. The molecule has 7 rings (SSSR count). The van der Waals surface area contributed by atoms with E-state index in [1.165, 1.54) is 29.0 Å². The number of piperidine rings is 1. The zero-order valence-corrected chi connectivity index (χ0v) is 38.3. The maximum absolute atomic E-state index is 13.9. The van der Waals surface area contributed by atoms with Crippen LogP contribution in [0.4, 0.5) is 4.39 Å². The number of likely N-dealkylation sites (tertiary alicyclic amines) is 2. The van der Waals surface area contributed by atoms with Gasteiger partial charge >= 0.3 is 0 Å². The molecule has 3 amide bonds. The molecule has 2 aliphatic rings. The van der Waals surface area contributed by atoms with Gasteiger partial charge in [-0.3, -0.25) is 14.4 Å². The Kier molecular flexibility index (Phi) is 15.5. The molecule has 3 atom stereocenters. The molecule has 0 saturated carbocycles. The molecule has 1 unspecified atom stereocenters. The van der Waals surface area contributed by atoms with E-state index in [9.17, 15) is 23.9 Å². The summed E-state index contributed by atoms with van der Waals surface area (Å²) >= 11 is 1.50. The maximum Gasteiger partial charge on any atom is 0.246 e. The van der Waals surface area contributed by atoms with Crippen molar-refractivity contribution >= 4 is 39.1 Å². The van der Waals surface area contributed by atoms with Crippen LogP contribution in [-0.2, 0) is 23.9 Å². The fraction of sp³-hybridized carbons (Fsp3) is 0.412. The monoisotopic (exact) mass is 903 g/mol. The highest BCUT2D eigenvalue weighted by molar-refractivity contribution is 7.22. The van der Waals surface area contributed by atoms with E-state index in [1.54, 1.807) is 41.3 Å². The van der Waals surface area contributed by atoms with E-state index in [2.05, 4.69) is 33.7 Å². The molecule has 0 spiro atoms. The second kappa shape index (κ2) is 21.4. The summed E-state index contributed by atoms with van der Waals surface area (Å²) < 4.78 is 32.6. The maximum atomic E-state index is 13.9. The smallest absolute Gasteiger partial charge is 0.246 e. The lowest BCUT2D eigenvalue weighted by Crippen LogP contribution is -2.58. The van der Waals surface area contributed by atoms with Gasteiger partial charge in [-0.05, 0) is 128 Å². The quantitative estimate of drug-likeness (QED) is 0.0779. The number of carbonyl (C=O) groups is 3. The second-order valence-electron chi connectivity index (χ2n) is 17.9. The Morgan fingerprint density at radius 3 is 2.29 bits per heavy atom. The van der Waals surface area contributed by atoms with E-state index < -0.39 is 23.4 Å². The molecule has 14 heteroatoms. The topological polar surface area (TPSA) is 153 Å². The fourth-order valence-corrected chi connectivity index (χ4v) is 9.68. The lowest BCUT2D eigenvalue weighted by molar-refractivity contribution is -0.144. The van der Waals surface area contributed by atoms with Gasteiger partial charge in [-0.25, -0.2) is 4.39 Å². The second-order valence-corrected chi connectivity index (χ2v) is 19.0. The Morgan fingerprint density at radius 1 is 0.892 bits per heavy atom. The average molecular weight is 904 g/mol. The van der Waals surface area contributed by atoms with E-state index in [-0.39, 0.29) is 42.6 Å². The van der Waals surface area contributed by atoms with Crippen LogP contribution in [0.15, 0.2) is 91.0 Å². The predicted octanol–water partition coefficient (Wildman–Crippen LogP) is 8.69. The van der Waals surface area contributed by atoms with E-state index in [4.69, 9.17) is 19.5 Å². The number of rotatable bonds is 17. The van der Waals surface area contributed by atoms with Crippen LogP contribution < -0.4 is 15.4 Å². The molecule has 0 bridgehead atoms. The Labute approximate surface area is 384 Å². The molecule has 4 aromatic carbocycles. The number of hydrogen-bond acceptors (Lipinski definition) is 10. The van der Waals surface area contributed by atoms with Crippen LogP contribution in [0.5, 0.6) is 17.2 Å². The van der Waals surface area contributed by atoms with Gasteiger partial charge in [-0.2, -0.15) is 5.26 Å². The molecule has 5 aromatic rings. The summed E-state index contributed by atoms with van der Waals surface area (Å²) in [6, 6.07) is 27.1. The van der Waals surface area contributed by atoms with Crippen LogP contribution in [0.2, 0.25) is 0 Å². The zero-order chi connectivity index (χ0) is 46.1. The van der Waals surface area contributed by atoms with Crippen molar-refractivity contribution in [1.29, 1.82) is 5.26 Å². The summed E-state index contributed by atoms with van der Waals surface area (Å²) in [5.41, 5.74) is 2.89. The van der Waals surface area contributed by atoms with Crippen LogP contribution >= 0.6 is 11.3 Å². The molecule has 0 radical (unpaired) electrons. The number of phenols is 1. The lowest BCUT2D eigenvalue weighted by atomic mass is 9.85. The van der Waals surface area contributed by atoms with Crippen LogP contribution in [0.1, 0.15) is 82.0 Å². The van der Waals surface area contributed by atoms with Gasteiger partial charge in [-0.15, -0.1) is 11.3 Å². The number of thiophene rings is 1. The van der Waals surface area contributed by atoms with Crippen LogP contribution in [0.25, 0.3) is 20.5 Å². The van der Waals surface area contributed by atoms with Gasteiger partial charge in [0.1, 0.15) is 36.0 Å². The van der Waals surface area contributed by atoms with Gasteiger partial charge in [0.2, 0.25) is 17.7 Å². The number of benzene rings is 4. The first kappa shape index (κ1) is 47.1. The molecule has 2 fully saturated rings. The number of hydrogen-bond donors (Lipinski definition) is 3. The summed E-state index contributed by atoms with van der Waals surface area (Å²) in [7, 11) is 0. The first-order valence-corrected chi connectivity index (χ1v) is 23.2. The first-order valence-electron chi connectivity index (χ1n) is 22.3. The van der Waals surface area contributed by atoms with Crippen molar-refractivity contribution < 1.29 is 38.1 Å². The van der Waals surface area contributed by atoms with Crippen molar-refractivity contribution in [2.45, 2.75) is 77.4 Å². The number of carbonyl (C=O) groups excluding carboxylic acids is 3. The molecule has 0 aliphatic carbocycles. The third-order valence-corrected chi connectivity index (χ3v) is 13.4. The number of phenolic OH excluding ortho intramolecular Hbond substituents is 1. The highest BCUT2D eigenvalue weighted by Crippen LogP contribution is 2.47. The zero-order valence-electron chi connectivity index (χ0n) is 37.5. The third-order valence-electron chi connectivity index (χ3n) is 12.2. The van der Waals surface area contributed by atoms with Gasteiger partial charge in [0.25, 0.3) is 0 Å². The molecule has 12 nitrogen and oxygen atoms in total. The molecule has 342 valence electrons. The normalized spacial score (nSPS) is 16.8. The van der Waals surface area contributed by atoms with Gasteiger partial charge in [-0.1, -0.05) is 57.2 Å². The molecular formula is C51H58FN5O7S. The van der Waals surface area contributed by atoms with Crippen molar-refractivity contribution in [3.63, 3.8) is 0 Å². The first-order chi connectivity index (χ1) is 31.3. The fourth-order valence-electron chi connectivity index (χ4n) is 8.51. The van der Waals surface area contributed by atoms with E-state index >= 15 is 0 Å².